The molecule has 4 rings (SSSR count). The predicted octanol–water partition coefficient (Wildman–Crippen LogP) is 5.64. The van der Waals surface area contributed by atoms with Crippen molar-refractivity contribution in [3.05, 3.63) is 101 Å². The van der Waals surface area contributed by atoms with Crippen LogP contribution in [0.1, 0.15) is 37.5 Å². The van der Waals surface area contributed by atoms with Gasteiger partial charge in [-0.1, -0.05) is 12.1 Å². The molecule has 0 saturated heterocycles. The van der Waals surface area contributed by atoms with Crippen molar-refractivity contribution in [1.29, 1.82) is 0 Å². The van der Waals surface area contributed by atoms with Crippen LogP contribution in [0.2, 0.25) is 0 Å². The molecule has 1 atom stereocenters. The van der Waals surface area contributed by atoms with Crippen LogP contribution in [0.4, 0.5) is 8.78 Å². The fourth-order valence-electron chi connectivity index (χ4n) is 3.97. The van der Waals surface area contributed by atoms with Gasteiger partial charge in [0.1, 0.15) is 5.75 Å². The number of allylic oxidation sites excluding steroid dienone is 1. The van der Waals surface area contributed by atoms with Crippen molar-refractivity contribution in [3.8, 4) is 11.5 Å². The molecule has 8 nitrogen and oxygen atoms in total. The standard InChI is InChI=1S/C31H31F2N5O3S/c1-19-11-21(13-29(39)38-22(15-34)17-37-31(2,3)4)12-25(32)30(19)41-27-9-10-35-26-7-6-23(14-24(26)27)42(40)18-20-5-8-28(33)36-16-20/h5-12,14-17H,13,18,34H2,1-4H3,(H,38,39)/b22-15+,37-17?. The highest BCUT2D eigenvalue weighted by molar-refractivity contribution is 7.84. The van der Waals surface area contributed by atoms with Crippen molar-refractivity contribution in [2.24, 2.45) is 10.7 Å². The fraction of sp³-hybridized carbons (Fsp3) is 0.226. The summed E-state index contributed by atoms with van der Waals surface area (Å²) in [6.45, 7) is 7.42. The Morgan fingerprint density at radius 2 is 1.88 bits per heavy atom. The van der Waals surface area contributed by atoms with E-state index in [0.717, 1.165) is 0 Å². The Morgan fingerprint density at radius 1 is 1.10 bits per heavy atom. The van der Waals surface area contributed by atoms with E-state index in [1.165, 1.54) is 43.0 Å². The second-order valence-electron chi connectivity index (χ2n) is 10.6. The van der Waals surface area contributed by atoms with E-state index in [2.05, 4.69) is 20.3 Å². The Labute approximate surface area is 245 Å². The van der Waals surface area contributed by atoms with Gasteiger partial charge in [0.25, 0.3) is 0 Å². The molecule has 0 radical (unpaired) electrons. The minimum Gasteiger partial charge on any atom is -0.453 e. The van der Waals surface area contributed by atoms with E-state index in [9.17, 15) is 13.4 Å². The lowest BCUT2D eigenvalue weighted by atomic mass is 10.1. The molecule has 1 unspecified atom stereocenters. The summed E-state index contributed by atoms with van der Waals surface area (Å²) in [4.78, 5) is 25.4. The number of aryl methyl sites for hydroxylation is 1. The van der Waals surface area contributed by atoms with Gasteiger partial charge >= 0.3 is 0 Å². The number of aliphatic imine (C=N–C) groups is 1. The lowest BCUT2D eigenvalue weighted by Crippen LogP contribution is -2.26. The number of amides is 1. The largest absolute Gasteiger partial charge is 0.453 e. The fourth-order valence-corrected chi connectivity index (χ4v) is 5.08. The van der Waals surface area contributed by atoms with Gasteiger partial charge in [0.05, 0.1) is 39.7 Å². The molecule has 11 heteroatoms. The lowest BCUT2D eigenvalue weighted by Gasteiger charge is -2.14. The van der Waals surface area contributed by atoms with Crippen LogP contribution in [0.3, 0.4) is 0 Å². The third-order valence-electron chi connectivity index (χ3n) is 5.94. The van der Waals surface area contributed by atoms with Crippen LogP contribution in [0.15, 0.2) is 82.7 Å². The molecule has 0 aliphatic heterocycles. The zero-order valence-corrected chi connectivity index (χ0v) is 24.5. The number of hydrogen-bond acceptors (Lipinski definition) is 7. The molecule has 0 bridgehead atoms. The summed E-state index contributed by atoms with van der Waals surface area (Å²) in [7, 11) is -1.46. The normalized spacial score (nSPS) is 13.0. The maximum atomic E-state index is 15.3. The van der Waals surface area contributed by atoms with Crippen LogP contribution in [0.25, 0.3) is 10.9 Å². The second-order valence-corrected chi connectivity index (χ2v) is 12.0. The quantitative estimate of drug-likeness (QED) is 0.192. The summed E-state index contributed by atoms with van der Waals surface area (Å²) in [5.74, 6) is -1.17. The second kappa shape index (κ2) is 13.0. The summed E-state index contributed by atoms with van der Waals surface area (Å²) in [5, 5.41) is 3.22. The van der Waals surface area contributed by atoms with E-state index in [1.54, 1.807) is 37.3 Å². The first-order chi connectivity index (χ1) is 19.9. The molecule has 0 fully saturated rings. The number of carbonyl (C=O) groups excluding carboxylic acids is 1. The van der Waals surface area contributed by atoms with Crippen molar-refractivity contribution in [2.45, 2.75) is 50.3 Å². The molecule has 2 aromatic heterocycles. The molecule has 218 valence electrons. The van der Waals surface area contributed by atoms with Gasteiger partial charge in [0.15, 0.2) is 11.6 Å². The van der Waals surface area contributed by atoms with Crippen molar-refractivity contribution in [1.82, 2.24) is 15.3 Å². The van der Waals surface area contributed by atoms with Crippen molar-refractivity contribution < 1.29 is 22.5 Å². The maximum Gasteiger partial charge on any atom is 0.228 e. The molecule has 2 aromatic carbocycles. The average molecular weight is 592 g/mol. The topological polar surface area (TPSA) is 120 Å². The van der Waals surface area contributed by atoms with Gasteiger partial charge in [0, 0.05) is 35.1 Å². The summed E-state index contributed by atoms with van der Waals surface area (Å²) >= 11 is 0. The van der Waals surface area contributed by atoms with Crippen LogP contribution in [0, 0.1) is 18.7 Å². The minimum absolute atomic E-state index is 0.00424. The van der Waals surface area contributed by atoms with Gasteiger partial charge in [0.2, 0.25) is 11.9 Å². The smallest absolute Gasteiger partial charge is 0.228 e. The van der Waals surface area contributed by atoms with Gasteiger partial charge in [-0.05, 0) is 80.8 Å². The number of halogens is 2. The van der Waals surface area contributed by atoms with Crippen LogP contribution in [-0.4, -0.2) is 31.8 Å². The molecular formula is C31H31F2N5O3S. The molecule has 0 aliphatic carbocycles. The van der Waals surface area contributed by atoms with Gasteiger partial charge in [-0.2, -0.15) is 4.39 Å². The predicted molar refractivity (Wildman–Crippen MR) is 160 cm³/mol. The van der Waals surface area contributed by atoms with Gasteiger partial charge < -0.3 is 15.8 Å². The van der Waals surface area contributed by atoms with Gasteiger partial charge in [-0.3, -0.25) is 19.0 Å². The molecule has 0 spiro atoms. The summed E-state index contributed by atoms with van der Waals surface area (Å²) in [6.07, 6.45) is 5.53. The number of pyridine rings is 2. The van der Waals surface area contributed by atoms with E-state index >= 15 is 4.39 Å². The lowest BCUT2D eigenvalue weighted by molar-refractivity contribution is -0.119. The average Bonchev–Trinajstić information content (AvgIpc) is 2.93. The number of nitrogens with one attached hydrogen (secondary N) is 1. The Morgan fingerprint density at radius 3 is 2.55 bits per heavy atom. The molecule has 2 heterocycles. The number of hydrogen-bond donors (Lipinski definition) is 2. The summed E-state index contributed by atoms with van der Waals surface area (Å²) in [5.41, 5.74) is 7.74. The first-order valence-electron chi connectivity index (χ1n) is 13.0. The van der Waals surface area contributed by atoms with E-state index in [0.29, 0.717) is 43.9 Å². The highest BCUT2D eigenvalue weighted by Gasteiger charge is 2.16. The number of nitrogens with two attached hydrogens (primary N) is 1. The molecule has 4 aromatic rings. The number of carbonyl (C=O) groups is 1. The first kappa shape index (κ1) is 30.4. The summed E-state index contributed by atoms with van der Waals surface area (Å²) in [6, 6.07) is 12.4. The van der Waals surface area contributed by atoms with Crippen molar-refractivity contribution in [3.63, 3.8) is 0 Å². The third kappa shape index (κ3) is 8.03. The van der Waals surface area contributed by atoms with Crippen LogP contribution < -0.4 is 15.8 Å². The van der Waals surface area contributed by atoms with Crippen LogP contribution in [-0.2, 0) is 27.8 Å². The van der Waals surface area contributed by atoms with Crippen LogP contribution >= 0.6 is 0 Å². The third-order valence-corrected chi connectivity index (χ3v) is 7.32. The Balaban J connectivity index is 1.52. The summed E-state index contributed by atoms with van der Waals surface area (Å²) < 4.78 is 47.5. The van der Waals surface area contributed by atoms with E-state index in [4.69, 9.17) is 10.5 Å². The molecule has 42 heavy (non-hydrogen) atoms. The molecule has 1 amide bonds. The van der Waals surface area contributed by atoms with Crippen LogP contribution in [0.5, 0.6) is 11.5 Å². The number of benzene rings is 2. The highest BCUT2D eigenvalue weighted by atomic mass is 32.2. The Kier molecular flexibility index (Phi) is 9.41. The van der Waals surface area contributed by atoms with Crippen molar-refractivity contribution >= 4 is 33.8 Å². The van der Waals surface area contributed by atoms with E-state index in [-0.39, 0.29) is 29.4 Å². The van der Waals surface area contributed by atoms with Gasteiger partial charge in [-0.15, -0.1) is 0 Å². The number of fused-ring (bicyclic) bond motifs is 1. The number of nitrogens with zero attached hydrogens (tertiary/aromatic N) is 3. The van der Waals surface area contributed by atoms with Gasteiger partial charge in [-0.25, -0.2) is 9.37 Å². The SMILES string of the molecule is Cc1cc(CC(=O)N/C(C=NC(C)(C)C)=C/N)cc(F)c1Oc1ccnc2ccc(S(=O)Cc3ccc(F)nc3)cc12. The zero-order chi connectivity index (χ0) is 30.4. The highest BCUT2D eigenvalue weighted by Crippen LogP contribution is 2.34. The monoisotopic (exact) mass is 591 g/mol. The Bertz CT molecular complexity index is 1680. The minimum atomic E-state index is -1.46. The van der Waals surface area contributed by atoms with Crippen molar-refractivity contribution in [2.75, 3.05) is 0 Å². The zero-order valence-electron chi connectivity index (χ0n) is 23.7. The number of rotatable bonds is 9. The number of aromatic nitrogens is 2. The molecule has 0 aliphatic rings. The maximum absolute atomic E-state index is 15.3. The van der Waals surface area contributed by atoms with E-state index < -0.39 is 22.6 Å². The van der Waals surface area contributed by atoms with E-state index in [1.807, 2.05) is 20.8 Å². The molecule has 0 saturated carbocycles. The Hall–Kier alpha value is -4.51. The first-order valence-corrected chi connectivity index (χ1v) is 14.3. The number of ether oxygens (including phenoxy) is 1. The molecule has 3 N–H and O–H groups in total. The molecular weight excluding hydrogens is 560 g/mol.